The van der Waals surface area contributed by atoms with Gasteiger partial charge in [0.25, 0.3) is 11.8 Å². The molecule has 2 saturated carbocycles. The Morgan fingerprint density at radius 1 is 1.15 bits per heavy atom. The fourth-order valence-electron chi connectivity index (χ4n) is 6.29. The summed E-state index contributed by atoms with van der Waals surface area (Å²) in [7, 11) is 0. The van der Waals surface area contributed by atoms with Crippen LogP contribution in [0.5, 0.6) is 0 Å². The van der Waals surface area contributed by atoms with Gasteiger partial charge >= 0.3 is 6.18 Å². The smallest absolute Gasteiger partial charge is 0.393 e. The van der Waals surface area contributed by atoms with E-state index in [2.05, 4.69) is 15.1 Å². The van der Waals surface area contributed by atoms with Crippen molar-refractivity contribution in [2.24, 2.45) is 16.3 Å². The second-order valence-corrected chi connectivity index (χ2v) is 12.0. The topological polar surface area (TPSA) is 83.1 Å². The number of aliphatic hydroxyl groups is 1. The molecule has 6 rings (SSSR count). The first-order valence-electron chi connectivity index (χ1n) is 13.3. The molecule has 1 aromatic carbocycles. The van der Waals surface area contributed by atoms with Crippen molar-refractivity contribution in [2.75, 3.05) is 11.4 Å². The van der Waals surface area contributed by atoms with Gasteiger partial charge in [0.05, 0.1) is 29.6 Å². The van der Waals surface area contributed by atoms with Crippen LogP contribution in [-0.4, -0.2) is 56.6 Å². The first-order chi connectivity index (χ1) is 19.2. The lowest BCUT2D eigenvalue weighted by Crippen LogP contribution is -2.43. The average Bonchev–Trinajstić information content (AvgIpc) is 3.19. The maximum Gasteiger partial charge on any atom is 0.401 e. The van der Waals surface area contributed by atoms with E-state index in [4.69, 9.17) is 11.6 Å². The van der Waals surface area contributed by atoms with Gasteiger partial charge < -0.3 is 10.0 Å². The summed E-state index contributed by atoms with van der Waals surface area (Å²) in [4.78, 5) is 22.4. The Morgan fingerprint density at radius 3 is 2.44 bits per heavy atom. The first-order valence-corrected chi connectivity index (χ1v) is 13.7. The van der Waals surface area contributed by atoms with Gasteiger partial charge in [-0.1, -0.05) is 23.7 Å². The zero-order valence-corrected chi connectivity index (χ0v) is 22.9. The second-order valence-electron chi connectivity index (χ2n) is 11.6. The summed E-state index contributed by atoms with van der Waals surface area (Å²) in [5.41, 5.74) is -3.59. The first kappa shape index (κ1) is 28.0. The van der Waals surface area contributed by atoms with Crippen LogP contribution in [0.25, 0.3) is 5.65 Å². The highest BCUT2D eigenvalue weighted by atomic mass is 35.5. The number of aliphatic imine (C=N–C) groups is 1. The minimum absolute atomic E-state index is 0.00283. The van der Waals surface area contributed by atoms with E-state index in [1.807, 2.05) is 0 Å². The Hall–Kier alpha value is -3.12. The maximum absolute atomic E-state index is 15.1. The summed E-state index contributed by atoms with van der Waals surface area (Å²) in [6.07, 6.45) is 0.151. The minimum atomic E-state index is -4.64. The van der Waals surface area contributed by atoms with Crippen molar-refractivity contribution in [2.45, 2.75) is 69.1 Å². The van der Waals surface area contributed by atoms with E-state index in [0.29, 0.717) is 31.4 Å². The summed E-state index contributed by atoms with van der Waals surface area (Å²) < 4.78 is 74.5. The van der Waals surface area contributed by atoms with Crippen molar-refractivity contribution in [3.05, 3.63) is 52.9 Å². The molecule has 2 aromatic heterocycles. The normalized spacial score (nSPS) is 31.1. The number of halogens is 6. The van der Waals surface area contributed by atoms with E-state index < -0.39 is 41.3 Å². The van der Waals surface area contributed by atoms with Crippen LogP contribution in [0.15, 0.2) is 41.5 Å². The molecule has 1 N–H and O–H groups in total. The van der Waals surface area contributed by atoms with Crippen LogP contribution in [0, 0.1) is 11.3 Å². The van der Waals surface area contributed by atoms with E-state index in [0.717, 1.165) is 11.4 Å². The molecule has 7 nitrogen and oxygen atoms in total. The van der Waals surface area contributed by atoms with Crippen molar-refractivity contribution >= 4 is 40.7 Å². The number of anilines is 2. The van der Waals surface area contributed by atoms with Crippen LogP contribution in [0.3, 0.4) is 0 Å². The number of carbonyl (C=O) groups is 1. The van der Waals surface area contributed by atoms with E-state index in [9.17, 15) is 23.1 Å². The number of aromatic nitrogens is 3. The third-order valence-electron chi connectivity index (χ3n) is 9.02. The number of rotatable bonds is 4. The summed E-state index contributed by atoms with van der Waals surface area (Å²) in [5.74, 6) is -5.71. The molecule has 0 unspecified atom stereocenters. The van der Waals surface area contributed by atoms with Gasteiger partial charge in [0, 0.05) is 24.5 Å². The second kappa shape index (κ2) is 9.19. The number of benzene rings is 1. The molecular formula is C28H27ClF5N5O2. The van der Waals surface area contributed by atoms with Crippen LogP contribution < -0.4 is 4.90 Å². The van der Waals surface area contributed by atoms with Crippen molar-refractivity contribution in [1.82, 2.24) is 14.6 Å². The molecule has 0 spiro atoms. The van der Waals surface area contributed by atoms with Crippen molar-refractivity contribution in [3.8, 4) is 0 Å². The maximum atomic E-state index is 15.1. The Bertz CT molecular complexity index is 1550. The van der Waals surface area contributed by atoms with Gasteiger partial charge in [-0.05, 0) is 63.1 Å². The van der Waals surface area contributed by atoms with E-state index >= 15 is 8.78 Å². The van der Waals surface area contributed by atoms with Crippen LogP contribution in [0.2, 0.25) is 5.15 Å². The summed E-state index contributed by atoms with van der Waals surface area (Å²) >= 11 is 5.96. The molecule has 41 heavy (non-hydrogen) atoms. The predicted octanol–water partition coefficient (Wildman–Crippen LogP) is 6.24. The average molecular weight is 596 g/mol. The molecule has 3 aromatic rings. The zero-order chi connectivity index (χ0) is 29.5. The lowest BCUT2D eigenvalue weighted by molar-refractivity contribution is -0.181. The van der Waals surface area contributed by atoms with Gasteiger partial charge in [0.15, 0.2) is 10.8 Å². The number of hydrogen-bond acceptors (Lipinski definition) is 5. The Balaban J connectivity index is 1.28. The summed E-state index contributed by atoms with van der Waals surface area (Å²) in [6.45, 7) is 1.78. The molecule has 1 aliphatic heterocycles. The van der Waals surface area contributed by atoms with Gasteiger partial charge in [-0.2, -0.15) is 18.3 Å². The standard InChI is InChI=1S/C28H27ClF5N5O2/c1-25(28(32,33)34)14-38(19-13-35-21-11-20(29)37-39(21)23(19)25)17-7-5-16(6-8-17)22-26(2,27(22,30)31)24(41)36-12-15-3-9-18(40)10-4-15/h5-8,11-13,15,18,22,40H,3-4,9-10,14H2,1-2H3/t15?,18?,22-,25-,26+/m1/s1. The highest BCUT2D eigenvalue weighted by Crippen LogP contribution is 2.71. The Morgan fingerprint density at radius 2 is 1.80 bits per heavy atom. The number of nitrogens with zero attached hydrogens (tertiary/aromatic N) is 5. The number of hydrogen-bond donors (Lipinski definition) is 1. The van der Waals surface area contributed by atoms with E-state index in [-0.39, 0.29) is 39.8 Å². The summed E-state index contributed by atoms with van der Waals surface area (Å²) in [5, 5.41) is 13.7. The molecule has 3 aliphatic rings. The molecule has 3 heterocycles. The van der Waals surface area contributed by atoms with Crippen LogP contribution in [0.1, 0.15) is 56.7 Å². The number of carbonyl (C=O) groups excluding carboxylic acids is 1. The van der Waals surface area contributed by atoms with Crippen LogP contribution in [0.4, 0.5) is 33.3 Å². The molecule has 3 atom stereocenters. The van der Waals surface area contributed by atoms with E-state index in [1.165, 1.54) is 54.6 Å². The highest BCUT2D eigenvalue weighted by Gasteiger charge is 2.82. The van der Waals surface area contributed by atoms with Crippen molar-refractivity contribution in [1.29, 1.82) is 0 Å². The van der Waals surface area contributed by atoms with Gasteiger partial charge in [-0.25, -0.2) is 23.3 Å². The minimum Gasteiger partial charge on any atom is -0.393 e. The predicted molar refractivity (Wildman–Crippen MR) is 142 cm³/mol. The van der Waals surface area contributed by atoms with Gasteiger partial charge in [0.2, 0.25) is 0 Å². The largest absolute Gasteiger partial charge is 0.401 e. The lowest BCUT2D eigenvalue weighted by Gasteiger charge is -2.28. The van der Waals surface area contributed by atoms with Gasteiger partial charge in [0.1, 0.15) is 10.8 Å². The monoisotopic (exact) mass is 595 g/mol. The van der Waals surface area contributed by atoms with Crippen LogP contribution in [-0.2, 0) is 10.2 Å². The van der Waals surface area contributed by atoms with Crippen molar-refractivity contribution in [3.63, 3.8) is 0 Å². The molecule has 0 bridgehead atoms. The molecule has 2 aliphatic carbocycles. The summed E-state index contributed by atoms with van der Waals surface area (Å²) in [6, 6.07) is 7.14. The fraction of sp³-hybridized carbons (Fsp3) is 0.500. The molecule has 0 saturated heterocycles. The Labute approximate surface area is 237 Å². The molecule has 2 fully saturated rings. The van der Waals surface area contributed by atoms with Gasteiger partial charge in [-0.15, -0.1) is 0 Å². The number of alkyl halides is 5. The quantitative estimate of drug-likeness (QED) is 0.285. The Kier molecular flexibility index (Phi) is 6.28. The third kappa shape index (κ3) is 4.16. The van der Waals surface area contributed by atoms with Gasteiger partial charge in [-0.3, -0.25) is 4.79 Å². The highest BCUT2D eigenvalue weighted by molar-refractivity contribution is 6.29. The van der Waals surface area contributed by atoms with Crippen LogP contribution >= 0.6 is 11.6 Å². The van der Waals surface area contributed by atoms with E-state index in [1.54, 1.807) is 0 Å². The molecule has 218 valence electrons. The zero-order valence-electron chi connectivity index (χ0n) is 22.2. The number of aliphatic hydroxyl groups excluding tert-OH is 1. The third-order valence-corrected chi connectivity index (χ3v) is 9.21. The SMILES string of the molecule is C[C@@]1(C(F)(F)F)CN(c2ccc([C@H]3C(F)(F)[C@]3(C)C(=O)N=CC3CCC(O)CC3)cc2)c2cnc3cc(Cl)nn3c21. The molecule has 1 amide bonds. The lowest BCUT2D eigenvalue weighted by atomic mass is 9.87. The molecule has 13 heteroatoms. The fourth-order valence-corrected chi connectivity index (χ4v) is 6.46. The number of fused-ring (bicyclic) bond motifs is 3. The number of amides is 1. The van der Waals surface area contributed by atoms with Crippen molar-refractivity contribution < 1.29 is 31.9 Å². The molecule has 0 radical (unpaired) electrons. The molecular weight excluding hydrogens is 569 g/mol.